The third-order valence-electron chi connectivity index (χ3n) is 0.863. The van der Waals surface area contributed by atoms with Crippen molar-refractivity contribution >= 4 is 22.9 Å². The molecule has 1 rings (SSSR count). The van der Waals surface area contributed by atoms with E-state index in [0.717, 1.165) is 4.88 Å². The van der Waals surface area contributed by atoms with Crippen molar-refractivity contribution in [3.63, 3.8) is 0 Å². The summed E-state index contributed by atoms with van der Waals surface area (Å²) in [6.45, 7) is 0. The van der Waals surface area contributed by atoms with Gasteiger partial charge in [-0.1, -0.05) is 29.5 Å². The lowest BCUT2D eigenvalue weighted by atomic mass is 10.4. The van der Waals surface area contributed by atoms with Crippen LogP contribution in [0.4, 0.5) is 0 Å². The zero-order valence-electron chi connectivity index (χ0n) is 5.17. The number of hydrogen-bond acceptors (Lipinski definition) is 1. The van der Waals surface area contributed by atoms with Crippen molar-refractivity contribution in [2.75, 3.05) is 0 Å². The minimum absolute atomic E-state index is 1.06. The van der Waals surface area contributed by atoms with Crippen LogP contribution in [-0.2, 0) is 0 Å². The second-order valence-corrected chi connectivity index (χ2v) is 2.74. The molecule has 0 saturated heterocycles. The standard InChI is InChI=1S/C8H5ClS/c9-6-2-1-4-8-5-3-7-10-8/h2-3,5-7H/b6-2-. The molecule has 0 N–H and O–H groups in total. The van der Waals surface area contributed by atoms with Gasteiger partial charge in [0.1, 0.15) is 0 Å². The summed E-state index contributed by atoms with van der Waals surface area (Å²) in [5, 5.41) is 1.99. The number of hydrogen-bond donors (Lipinski definition) is 0. The quantitative estimate of drug-likeness (QED) is 0.523. The molecule has 0 bridgehead atoms. The monoisotopic (exact) mass is 168 g/mol. The lowest BCUT2D eigenvalue weighted by Gasteiger charge is -1.70. The fourth-order valence-corrected chi connectivity index (χ4v) is 1.14. The van der Waals surface area contributed by atoms with E-state index in [2.05, 4.69) is 11.8 Å². The SMILES string of the molecule is Cl/C=C\C#Cc1cccs1. The molecule has 0 nitrogen and oxygen atoms in total. The molecule has 0 saturated carbocycles. The van der Waals surface area contributed by atoms with E-state index in [1.807, 2.05) is 17.5 Å². The van der Waals surface area contributed by atoms with Crippen LogP contribution in [0.1, 0.15) is 4.88 Å². The van der Waals surface area contributed by atoms with Gasteiger partial charge in [-0.05, 0) is 17.5 Å². The molecular formula is C8H5ClS. The van der Waals surface area contributed by atoms with E-state index < -0.39 is 0 Å². The first kappa shape index (κ1) is 7.40. The van der Waals surface area contributed by atoms with Crippen molar-refractivity contribution in [3.05, 3.63) is 34.0 Å². The summed E-state index contributed by atoms with van der Waals surface area (Å²) in [5.74, 6) is 5.71. The highest BCUT2D eigenvalue weighted by atomic mass is 35.5. The Morgan fingerprint density at radius 1 is 1.60 bits per heavy atom. The zero-order chi connectivity index (χ0) is 7.23. The van der Waals surface area contributed by atoms with E-state index in [0.29, 0.717) is 0 Å². The van der Waals surface area contributed by atoms with Crippen LogP contribution in [0.25, 0.3) is 0 Å². The Kier molecular flexibility index (Phi) is 3.08. The first-order chi connectivity index (χ1) is 4.93. The van der Waals surface area contributed by atoms with Crippen LogP contribution < -0.4 is 0 Å². The fraction of sp³-hybridized carbons (Fsp3) is 0. The van der Waals surface area contributed by atoms with Gasteiger partial charge in [0, 0.05) is 5.54 Å². The van der Waals surface area contributed by atoms with Crippen molar-refractivity contribution in [1.82, 2.24) is 0 Å². The number of thiophene rings is 1. The van der Waals surface area contributed by atoms with Gasteiger partial charge in [-0.15, -0.1) is 11.3 Å². The number of allylic oxidation sites excluding steroid dienone is 1. The van der Waals surface area contributed by atoms with Crippen molar-refractivity contribution < 1.29 is 0 Å². The lowest BCUT2D eigenvalue weighted by molar-refractivity contribution is 1.94. The maximum absolute atomic E-state index is 5.26. The van der Waals surface area contributed by atoms with Gasteiger partial charge >= 0.3 is 0 Å². The van der Waals surface area contributed by atoms with Crippen molar-refractivity contribution in [2.24, 2.45) is 0 Å². The van der Waals surface area contributed by atoms with Gasteiger partial charge in [0.2, 0.25) is 0 Å². The summed E-state index contributed by atoms with van der Waals surface area (Å²) >= 11 is 6.88. The Hall–Kier alpha value is -0.710. The fourth-order valence-electron chi connectivity index (χ4n) is 0.494. The van der Waals surface area contributed by atoms with E-state index >= 15 is 0 Å². The molecule has 0 aliphatic heterocycles. The molecule has 0 atom stereocenters. The van der Waals surface area contributed by atoms with Crippen LogP contribution in [-0.4, -0.2) is 0 Å². The normalized spacial score (nSPS) is 9.30. The zero-order valence-corrected chi connectivity index (χ0v) is 6.75. The average molecular weight is 169 g/mol. The van der Waals surface area contributed by atoms with Crippen molar-refractivity contribution in [1.29, 1.82) is 0 Å². The Balaban J connectivity index is 2.66. The molecular weight excluding hydrogens is 164 g/mol. The third kappa shape index (κ3) is 2.26. The Morgan fingerprint density at radius 3 is 3.10 bits per heavy atom. The first-order valence-electron chi connectivity index (χ1n) is 2.74. The second-order valence-electron chi connectivity index (χ2n) is 1.54. The van der Waals surface area contributed by atoms with Crippen LogP contribution in [0.5, 0.6) is 0 Å². The summed E-state index contributed by atoms with van der Waals surface area (Å²) in [4.78, 5) is 1.06. The van der Waals surface area contributed by atoms with E-state index in [1.165, 1.54) is 5.54 Å². The summed E-state index contributed by atoms with van der Waals surface area (Å²) < 4.78 is 0. The average Bonchev–Trinajstić information content (AvgIpc) is 2.41. The molecule has 0 unspecified atom stereocenters. The first-order valence-corrected chi connectivity index (χ1v) is 4.05. The molecule has 0 aliphatic carbocycles. The topological polar surface area (TPSA) is 0 Å². The highest BCUT2D eigenvalue weighted by Crippen LogP contribution is 2.05. The molecule has 50 valence electrons. The molecule has 2 heteroatoms. The number of rotatable bonds is 0. The Morgan fingerprint density at radius 2 is 2.50 bits per heavy atom. The predicted molar refractivity (Wildman–Crippen MR) is 46.2 cm³/mol. The van der Waals surface area contributed by atoms with Crippen molar-refractivity contribution in [3.8, 4) is 11.8 Å². The molecule has 0 radical (unpaired) electrons. The molecule has 0 amide bonds. The van der Waals surface area contributed by atoms with Crippen LogP contribution >= 0.6 is 22.9 Å². The third-order valence-corrected chi connectivity index (χ3v) is 1.77. The summed E-state index contributed by atoms with van der Waals surface area (Å²) in [6, 6.07) is 3.94. The number of halogens is 1. The van der Waals surface area contributed by atoms with Gasteiger partial charge in [0.15, 0.2) is 0 Å². The molecule has 10 heavy (non-hydrogen) atoms. The van der Waals surface area contributed by atoms with E-state index in [1.54, 1.807) is 17.4 Å². The van der Waals surface area contributed by atoms with Crippen LogP contribution in [0.2, 0.25) is 0 Å². The van der Waals surface area contributed by atoms with Gasteiger partial charge in [0.05, 0.1) is 4.88 Å². The maximum Gasteiger partial charge on any atom is 0.0771 e. The van der Waals surface area contributed by atoms with E-state index in [-0.39, 0.29) is 0 Å². The minimum atomic E-state index is 1.06. The van der Waals surface area contributed by atoms with Crippen LogP contribution in [0, 0.1) is 11.8 Å². The van der Waals surface area contributed by atoms with E-state index in [9.17, 15) is 0 Å². The van der Waals surface area contributed by atoms with Crippen LogP contribution in [0.3, 0.4) is 0 Å². The lowest BCUT2D eigenvalue weighted by Crippen LogP contribution is -1.55. The molecule has 1 aromatic rings. The maximum atomic E-state index is 5.26. The largest absolute Gasteiger partial charge is 0.135 e. The van der Waals surface area contributed by atoms with Crippen LogP contribution in [0.15, 0.2) is 29.1 Å². The van der Waals surface area contributed by atoms with Gasteiger partial charge in [0.25, 0.3) is 0 Å². The molecule has 0 aromatic carbocycles. The Labute approximate surface area is 69.1 Å². The summed E-state index contributed by atoms with van der Waals surface area (Å²) in [7, 11) is 0. The highest BCUT2D eigenvalue weighted by Gasteiger charge is 1.81. The van der Waals surface area contributed by atoms with Gasteiger partial charge in [-0.3, -0.25) is 0 Å². The minimum Gasteiger partial charge on any atom is -0.135 e. The second kappa shape index (κ2) is 4.16. The van der Waals surface area contributed by atoms with Crippen molar-refractivity contribution in [2.45, 2.75) is 0 Å². The Bertz CT molecular complexity index is 261. The van der Waals surface area contributed by atoms with Gasteiger partial charge in [-0.25, -0.2) is 0 Å². The summed E-state index contributed by atoms with van der Waals surface area (Å²) in [6.07, 6.45) is 1.61. The van der Waals surface area contributed by atoms with E-state index in [4.69, 9.17) is 11.6 Å². The highest BCUT2D eigenvalue weighted by molar-refractivity contribution is 7.10. The smallest absolute Gasteiger partial charge is 0.0771 e. The molecule has 1 aromatic heterocycles. The van der Waals surface area contributed by atoms with Gasteiger partial charge in [-0.2, -0.15) is 0 Å². The molecule has 0 spiro atoms. The molecule has 1 heterocycles. The predicted octanol–water partition coefficient (Wildman–Crippen LogP) is 2.85. The molecule has 0 aliphatic rings. The van der Waals surface area contributed by atoms with Gasteiger partial charge < -0.3 is 0 Å². The molecule has 0 fully saturated rings. The summed E-state index contributed by atoms with van der Waals surface area (Å²) in [5.41, 5.74) is 1.40.